The third-order valence-corrected chi connectivity index (χ3v) is 4.67. The highest BCUT2D eigenvalue weighted by Crippen LogP contribution is 2.31. The summed E-state index contributed by atoms with van der Waals surface area (Å²) in [6, 6.07) is 0.503. The van der Waals surface area contributed by atoms with Crippen LogP contribution in [0, 0.1) is 5.41 Å². The normalized spacial score (nSPS) is 25.3. The summed E-state index contributed by atoms with van der Waals surface area (Å²) in [6.45, 7) is 14.1. The fourth-order valence-corrected chi connectivity index (χ4v) is 3.01. The number of hydrogen-bond acceptors (Lipinski definition) is 2. The lowest BCUT2D eigenvalue weighted by atomic mass is 9.80. The Morgan fingerprint density at radius 2 is 1.89 bits per heavy atom. The molecule has 18 heavy (non-hydrogen) atoms. The maximum absolute atomic E-state index is 12.5. The summed E-state index contributed by atoms with van der Waals surface area (Å²) < 4.78 is 12.5. The van der Waals surface area contributed by atoms with Crippen molar-refractivity contribution in [2.45, 2.75) is 65.5 Å². The van der Waals surface area contributed by atoms with Crippen LogP contribution in [0.2, 0.25) is 0 Å². The third kappa shape index (κ3) is 3.45. The third-order valence-electron chi connectivity index (χ3n) is 4.67. The number of piperazine rings is 1. The first-order chi connectivity index (χ1) is 8.39. The molecule has 0 radical (unpaired) electrons. The Kier molecular flexibility index (Phi) is 5.60. The van der Waals surface area contributed by atoms with Gasteiger partial charge in [-0.15, -0.1) is 0 Å². The van der Waals surface area contributed by atoms with Crippen LogP contribution >= 0.6 is 0 Å². The van der Waals surface area contributed by atoms with Crippen molar-refractivity contribution in [1.29, 1.82) is 0 Å². The Bertz CT molecular complexity index is 243. The maximum Gasteiger partial charge on any atom is 0.0906 e. The van der Waals surface area contributed by atoms with E-state index in [0.717, 1.165) is 32.5 Å². The van der Waals surface area contributed by atoms with E-state index >= 15 is 0 Å². The van der Waals surface area contributed by atoms with Crippen LogP contribution in [0.25, 0.3) is 0 Å². The Balaban J connectivity index is 2.78. The van der Waals surface area contributed by atoms with Crippen molar-refractivity contribution >= 4 is 0 Å². The minimum absolute atomic E-state index is 0.201. The molecular formula is C15H31FN2. The zero-order chi connectivity index (χ0) is 13.8. The predicted octanol–water partition coefficient (Wildman–Crippen LogP) is 3.22. The van der Waals surface area contributed by atoms with E-state index < -0.39 is 0 Å². The molecular weight excluding hydrogens is 227 g/mol. The molecule has 1 saturated heterocycles. The molecule has 2 nitrogen and oxygen atoms in total. The monoisotopic (exact) mass is 258 g/mol. The first-order valence-electron chi connectivity index (χ1n) is 7.44. The molecule has 0 aromatic heterocycles. The second-order valence-electron chi connectivity index (χ2n) is 6.72. The molecule has 1 rings (SSSR count). The van der Waals surface area contributed by atoms with Crippen LogP contribution in [0.15, 0.2) is 0 Å². The summed E-state index contributed by atoms with van der Waals surface area (Å²) in [5, 5.41) is 3.72. The van der Waals surface area contributed by atoms with Gasteiger partial charge in [-0.25, -0.2) is 0 Å². The van der Waals surface area contributed by atoms with E-state index in [-0.39, 0.29) is 17.6 Å². The van der Waals surface area contributed by atoms with Crippen LogP contribution in [-0.2, 0) is 0 Å². The lowest BCUT2D eigenvalue weighted by Gasteiger charge is -2.52. The van der Waals surface area contributed by atoms with Crippen molar-refractivity contribution in [2.24, 2.45) is 5.41 Å². The van der Waals surface area contributed by atoms with Crippen LogP contribution in [0.5, 0.6) is 0 Å². The van der Waals surface area contributed by atoms with Gasteiger partial charge in [0.1, 0.15) is 0 Å². The molecule has 0 amide bonds. The largest absolute Gasteiger partial charge is 0.310 e. The summed E-state index contributed by atoms with van der Waals surface area (Å²) >= 11 is 0. The van der Waals surface area contributed by atoms with Crippen LogP contribution < -0.4 is 5.32 Å². The van der Waals surface area contributed by atoms with Gasteiger partial charge in [0.05, 0.1) is 6.67 Å². The van der Waals surface area contributed by atoms with Crippen molar-refractivity contribution in [3.05, 3.63) is 0 Å². The number of alkyl halides is 1. The lowest BCUT2D eigenvalue weighted by molar-refractivity contribution is 0.00605. The second kappa shape index (κ2) is 6.33. The lowest BCUT2D eigenvalue weighted by Crippen LogP contribution is -2.66. The van der Waals surface area contributed by atoms with Crippen molar-refractivity contribution < 1.29 is 4.39 Å². The van der Waals surface area contributed by atoms with E-state index in [1.165, 1.54) is 0 Å². The molecule has 1 heterocycles. The standard InChI is InChI=1S/C15H31FN2/c1-6-15(7-2)12-17-13(14(3,4)5)11-18(15)10-8-9-16/h13,17H,6-12H2,1-5H3. The quantitative estimate of drug-likeness (QED) is 0.814. The van der Waals surface area contributed by atoms with Crippen LogP contribution in [0.3, 0.4) is 0 Å². The molecule has 1 aliphatic rings. The van der Waals surface area contributed by atoms with Gasteiger partial charge in [0, 0.05) is 31.2 Å². The van der Waals surface area contributed by atoms with E-state index in [1.54, 1.807) is 0 Å². The summed E-state index contributed by atoms with van der Waals surface area (Å²) in [5.74, 6) is 0. The Morgan fingerprint density at radius 1 is 1.28 bits per heavy atom. The average molecular weight is 258 g/mol. The predicted molar refractivity (Wildman–Crippen MR) is 76.7 cm³/mol. The molecule has 0 aromatic carbocycles. The molecule has 0 aromatic rings. The molecule has 3 heteroatoms. The summed E-state index contributed by atoms with van der Waals surface area (Å²) in [6.07, 6.45) is 2.94. The first-order valence-corrected chi connectivity index (χ1v) is 7.44. The van der Waals surface area contributed by atoms with Crippen molar-refractivity contribution in [2.75, 3.05) is 26.3 Å². The Labute approximate surface area is 112 Å². The number of nitrogens with one attached hydrogen (secondary N) is 1. The van der Waals surface area contributed by atoms with E-state index in [2.05, 4.69) is 44.8 Å². The van der Waals surface area contributed by atoms with Gasteiger partial charge < -0.3 is 5.32 Å². The van der Waals surface area contributed by atoms with Gasteiger partial charge in [0.25, 0.3) is 0 Å². The summed E-state index contributed by atoms with van der Waals surface area (Å²) in [7, 11) is 0. The molecule has 0 aliphatic carbocycles. The maximum atomic E-state index is 12.5. The molecule has 1 N–H and O–H groups in total. The fourth-order valence-electron chi connectivity index (χ4n) is 3.01. The highest BCUT2D eigenvalue weighted by atomic mass is 19.1. The molecule has 1 fully saturated rings. The van der Waals surface area contributed by atoms with E-state index in [4.69, 9.17) is 0 Å². The molecule has 1 atom stereocenters. The van der Waals surface area contributed by atoms with Gasteiger partial charge in [0.15, 0.2) is 0 Å². The smallest absolute Gasteiger partial charge is 0.0906 e. The highest BCUT2D eigenvalue weighted by molar-refractivity contribution is 5.00. The fraction of sp³-hybridized carbons (Fsp3) is 1.00. The zero-order valence-corrected chi connectivity index (χ0v) is 12.9. The van der Waals surface area contributed by atoms with Crippen molar-refractivity contribution in [1.82, 2.24) is 10.2 Å². The Hall–Kier alpha value is -0.150. The van der Waals surface area contributed by atoms with Crippen LogP contribution in [0.4, 0.5) is 4.39 Å². The van der Waals surface area contributed by atoms with E-state index in [0.29, 0.717) is 12.5 Å². The van der Waals surface area contributed by atoms with E-state index in [9.17, 15) is 4.39 Å². The molecule has 1 aliphatic heterocycles. The molecule has 0 bridgehead atoms. The highest BCUT2D eigenvalue weighted by Gasteiger charge is 2.41. The zero-order valence-electron chi connectivity index (χ0n) is 12.9. The van der Waals surface area contributed by atoms with Crippen molar-refractivity contribution in [3.8, 4) is 0 Å². The Morgan fingerprint density at radius 3 is 2.33 bits per heavy atom. The minimum atomic E-state index is -0.201. The second-order valence-corrected chi connectivity index (χ2v) is 6.72. The summed E-state index contributed by atoms with van der Waals surface area (Å²) in [4.78, 5) is 2.54. The van der Waals surface area contributed by atoms with Gasteiger partial charge in [-0.3, -0.25) is 9.29 Å². The summed E-state index contributed by atoms with van der Waals surface area (Å²) in [5.41, 5.74) is 0.499. The first kappa shape index (κ1) is 15.9. The van der Waals surface area contributed by atoms with Gasteiger partial charge in [-0.2, -0.15) is 0 Å². The topological polar surface area (TPSA) is 15.3 Å². The number of halogens is 1. The minimum Gasteiger partial charge on any atom is -0.310 e. The van der Waals surface area contributed by atoms with Crippen LogP contribution in [-0.4, -0.2) is 42.8 Å². The average Bonchev–Trinajstić information content (AvgIpc) is 2.34. The van der Waals surface area contributed by atoms with Gasteiger partial charge >= 0.3 is 0 Å². The van der Waals surface area contributed by atoms with Crippen LogP contribution in [0.1, 0.15) is 53.9 Å². The SMILES string of the molecule is CCC1(CC)CNC(C(C)(C)C)CN1CCCF. The molecule has 0 spiro atoms. The van der Waals surface area contributed by atoms with Gasteiger partial charge in [-0.1, -0.05) is 34.6 Å². The van der Waals surface area contributed by atoms with Crippen molar-refractivity contribution in [3.63, 3.8) is 0 Å². The van der Waals surface area contributed by atoms with Gasteiger partial charge in [0.2, 0.25) is 0 Å². The molecule has 108 valence electrons. The number of hydrogen-bond donors (Lipinski definition) is 1. The number of rotatable bonds is 5. The molecule has 0 saturated carbocycles. The number of nitrogens with zero attached hydrogens (tertiary/aromatic N) is 1. The van der Waals surface area contributed by atoms with E-state index in [1.807, 2.05) is 0 Å². The van der Waals surface area contributed by atoms with Gasteiger partial charge in [-0.05, 0) is 24.7 Å². The molecule has 1 unspecified atom stereocenters.